The summed E-state index contributed by atoms with van der Waals surface area (Å²) in [7, 11) is -0.670. The maximum atomic E-state index is 12.3. The maximum absolute atomic E-state index is 12.3. The van der Waals surface area contributed by atoms with Gasteiger partial charge in [-0.1, -0.05) is 12.5 Å². The molecule has 1 heterocycles. The molecule has 0 saturated carbocycles. The van der Waals surface area contributed by atoms with E-state index in [1.807, 2.05) is 0 Å². The monoisotopic (exact) mass is 369 g/mol. The van der Waals surface area contributed by atoms with E-state index in [9.17, 15) is 13.2 Å². The van der Waals surface area contributed by atoms with Crippen molar-refractivity contribution in [3.05, 3.63) is 29.3 Å². The van der Waals surface area contributed by atoms with Crippen LogP contribution in [-0.4, -0.2) is 63.9 Å². The summed E-state index contributed by atoms with van der Waals surface area (Å²) >= 11 is 0. The molecule has 1 aromatic carbocycles. The highest BCUT2D eigenvalue weighted by molar-refractivity contribution is 7.89. The Morgan fingerprint density at radius 2 is 1.92 bits per heavy atom. The highest BCUT2D eigenvalue weighted by Crippen LogP contribution is 2.19. The molecule has 8 heteroatoms. The fourth-order valence-corrected chi connectivity index (χ4v) is 3.89. The summed E-state index contributed by atoms with van der Waals surface area (Å²) in [6.07, 6.45) is 3.69. The number of sulfonamides is 1. The normalized spacial score (nSPS) is 16.2. The summed E-state index contributed by atoms with van der Waals surface area (Å²) in [5.74, 6) is -0.450. The van der Waals surface area contributed by atoms with Gasteiger partial charge in [0.1, 0.15) is 0 Å². The van der Waals surface area contributed by atoms with Crippen LogP contribution in [0, 0.1) is 6.92 Å². The molecule has 1 saturated heterocycles. The second-order valence-electron chi connectivity index (χ2n) is 6.45. The third-order valence-electron chi connectivity index (χ3n) is 4.33. The molecule has 0 spiro atoms. The van der Waals surface area contributed by atoms with Gasteiger partial charge in [-0.25, -0.2) is 18.2 Å². The zero-order chi connectivity index (χ0) is 18.4. The second-order valence-corrected chi connectivity index (χ2v) is 8.57. The molecule has 0 unspecified atom stereocenters. The average molecular weight is 369 g/mol. The minimum atomic E-state index is -3.60. The number of likely N-dealkylation sites (tertiary alicyclic amines) is 1. The Labute approximate surface area is 149 Å². The van der Waals surface area contributed by atoms with Gasteiger partial charge in [0.15, 0.2) is 0 Å². The lowest BCUT2D eigenvalue weighted by molar-refractivity contribution is 0.0206. The van der Waals surface area contributed by atoms with Crippen molar-refractivity contribution in [2.75, 3.05) is 40.3 Å². The number of nitrogens with zero attached hydrogens (tertiary/aromatic N) is 2. The Hall–Kier alpha value is -1.48. The van der Waals surface area contributed by atoms with Crippen molar-refractivity contribution >= 4 is 15.9 Å². The fourth-order valence-electron chi connectivity index (χ4n) is 2.75. The van der Waals surface area contributed by atoms with Crippen LogP contribution in [0.15, 0.2) is 23.1 Å². The molecule has 2 rings (SSSR count). The fraction of sp³-hybridized carbons (Fsp3) is 0.588. The first-order valence-electron chi connectivity index (χ1n) is 8.50. The predicted octanol–water partition coefficient (Wildman–Crippen LogP) is 1.39. The van der Waals surface area contributed by atoms with Gasteiger partial charge in [-0.05, 0) is 50.6 Å². The Kier molecular flexibility index (Phi) is 6.95. The minimum Gasteiger partial charge on any atom is -0.301 e. The van der Waals surface area contributed by atoms with Gasteiger partial charge in [-0.3, -0.25) is 9.63 Å². The SMILES string of the molecule is Cc1ccc(C(=O)NOCCN2CCCCC2)cc1S(=O)(=O)N(C)C. The van der Waals surface area contributed by atoms with Crippen molar-refractivity contribution in [2.24, 2.45) is 0 Å². The molecule has 7 nitrogen and oxygen atoms in total. The predicted molar refractivity (Wildman–Crippen MR) is 95.8 cm³/mol. The summed E-state index contributed by atoms with van der Waals surface area (Å²) < 4.78 is 25.8. The first-order chi connectivity index (χ1) is 11.8. The molecule has 1 aliphatic rings. The second kappa shape index (κ2) is 8.75. The summed E-state index contributed by atoms with van der Waals surface area (Å²) in [5.41, 5.74) is 3.24. The van der Waals surface area contributed by atoms with Crippen molar-refractivity contribution in [1.29, 1.82) is 0 Å². The van der Waals surface area contributed by atoms with Crippen molar-refractivity contribution < 1.29 is 18.0 Å². The van der Waals surface area contributed by atoms with Crippen LogP contribution in [0.3, 0.4) is 0 Å². The van der Waals surface area contributed by atoms with Crippen molar-refractivity contribution in [3.8, 4) is 0 Å². The lowest BCUT2D eigenvalue weighted by Crippen LogP contribution is -2.35. The Bertz CT molecular complexity index is 698. The first kappa shape index (κ1) is 19.8. The van der Waals surface area contributed by atoms with E-state index in [0.29, 0.717) is 12.2 Å². The number of piperidine rings is 1. The van der Waals surface area contributed by atoms with Gasteiger partial charge >= 0.3 is 0 Å². The largest absolute Gasteiger partial charge is 0.301 e. The lowest BCUT2D eigenvalue weighted by atomic mass is 10.1. The van der Waals surface area contributed by atoms with E-state index in [4.69, 9.17) is 4.84 Å². The Balaban J connectivity index is 1.93. The molecule has 0 aliphatic carbocycles. The molecule has 1 aromatic rings. The molecule has 1 N–H and O–H groups in total. The number of hydroxylamine groups is 1. The molecule has 0 radical (unpaired) electrons. The highest BCUT2D eigenvalue weighted by Gasteiger charge is 2.21. The number of rotatable bonds is 7. The van der Waals surface area contributed by atoms with E-state index in [0.717, 1.165) is 23.9 Å². The number of hydrogen-bond donors (Lipinski definition) is 1. The topological polar surface area (TPSA) is 79.0 Å². The summed E-state index contributed by atoms with van der Waals surface area (Å²) in [6.45, 7) is 5.02. The Morgan fingerprint density at radius 3 is 2.56 bits per heavy atom. The van der Waals surface area contributed by atoms with Gasteiger partial charge in [0.25, 0.3) is 5.91 Å². The van der Waals surface area contributed by atoms with E-state index < -0.39 is 15.9 Å². The summed E-state index contributed by atoms with van der Waals surface area (Å²) in [6, 6.07) is 4.60. The molecule has 0 atom stereocenters. The van der Waals surface area contributed by atoms with Crippen molar-refractivity contribution in [3.63, 3.8) is 0 Å². The van der Waals surface area contributed by atoms with Crippen molar-refractivity contribution in [2.45, 2.75) is 31.1 Å². The van der Waals surface area contributed by atoms with Gasteiger partial charge < -0.3 is 4.90 Å². The molecule has 1 amide bonds. The summed E-state index contributed by atoms with van der Waals surface area (Å²) in [4.78, 5) is 19.9. The number of benzene rings is 1. The molecule has 0 aromatic heterocycles. The molecule has 0 bridgehead atoms. The third kappa shape index (κ3) is 5.24. The zero-order valence-electron chi connectivity index (χ0n) is 15.1. The quantitative estimate of drug-likeness (QED) is 0.580. The van der Waals surface area contributed by atoms with Crippen molar-refractivity contribution in [1.82, 2.24) is 14.7 Å². The van der Waals surface area contributed by atoms with E-state index >= 15 is 0 Å². The van der Waals surface area contributed by atoms with Gasteiger partial charge in [0.2, 0.25) is 10.0 Å². The third-order valence-corrected chi connectivity index (χ3v) is 6.29. The molecular formula is C17H27N3O4S. The van der Waals surface area contributed by atoms with Crippen LogP contribution >= 0.6 is 0 Å². The number of nitrogens with one attached hydrogen (secondary N) is 1. The van der Waals surface area contributed by atoms with Gasteiger partial charge in [0, 0.05) is 26.2 Å². The van der Waals surface area contributed by atoms with E-state index in [1.54, 1.807) is 19.1 Å². The van der Waals surface area contributed by atoms with Gasteiger partial charge in [-0.15, -0.1) is 0 Å². The van der Waals surface area contributed by atoms with Crippen LogP contribution in [0.4, 0.5) is 0 Å². The van der Waals surface area contributed by atoms with Crippen LogP contribution in [-0.2, 0) is 14.9 Å². The number of aryl methyl sites for hydroxylation is 1. The number of carbonyl (C=O) groups excluding carboxylic acids is 1. The van der Waals surface area contributed by atoms with Crippen LogP contribution in [0.5, 0.6) is 0 Å². The average Bonchev–Trinajstić information content (AvgIpc) is 2.59. The summed E-state index contributed by atoms with van der Waals surface area (Å²) in [5, 5.41) is 0. The zero-order valence-corrected chi connectivity index (χ0v) is 15.9. The van der Waals surface area contributed by atoms with E-state index in [1.165, 1.54) is 39.4 Å². The standard InChI is InChI=1S/C17H27N3O4S/c1-14-7-8-15(13-16(14)25(22,23)19(2)3)17(21)18-24-12-11-20-9-5-4-6-10-20/h7-8,13H,4-6,9-12H2,1-3H3,(H,18,21). The first-order valence-corrected chi connectivity index (χ1v) is 9.94. The van der Waals surface area contributed by atoms with Crippen LogP contribution in [0.1, 0.15) is 35.2 Å². The van der Waals surface area contributed by atoms with Crippen LogP contribution in [0.25, 0.3) is 0 Å². The molecular weight excluding hydrogens is 342 g/mol. The Morgan fingerprint density at radius 1 is 1.24 bits per heavy atom. The molecule has 1 aliphatic heterocycles. The highest BCUT2D eigenvalue weighted by atomic mass is 32.2. The molecule has 1 fully saturated rings. The number of hydrogen-bond acceptors (Lipinski definition) is 5. The number of carbonyl (C=O) groups is 1. The van der Waals surface area contributed by atoms with Gasteiger partial charge in [0.05, 0.1) is 11.5 Å². The molecule has 140 valence electrons. The van der Waals surface area contributed by atoms with E-state index in [2.05, 4.69) is 10.4 Å². The lowest BCUT2D eigenvalue weighted by Gasteiger charge is -2.25. The number of amides is 1. The minimum absolute atomic E-state index is 0.124. The van der Waals surface area contributed by atoms with E-state index in [-0.39, 0.29) is 10.5 Å². The smallest absolute Gasteiger partial charge is 0.274 e. The molecule has 25 heavy (non-hydrogen) atoms. The van der Waals surface area contributed by atoms with Crippen LogP contribution < -0.4 is 5.48 Å². The van der Waals surface area contributed by atoms with Gasteiger partial charge in [-0.2, -0.15) is 0 Å². The van der Waals surface area contributed by atoms with Crippen LogP contribution in [0.2, 0.25) is 0 Å². The maximum Gasteiger partial charge on any atom is 0.274 e.